The van der Waals surface area contributed by atoms with Crippen molar-refractivity contribution in [3.05, 3.63) is 0 Å². The Kier molecular flexibility index (Phi) is 61.9. The first-order chi connectivity index (χ1) is 46.1. The van der Waals surface area contributed by atoms with Gasteiger partial charge in [-0.15, -0.1) is 0 Å². The Morgan fingerprint density at radius 3 is 0.904 bits per heavy atom. The van der Waals surface area contributed by atoms with E-state index in [1.807, 2.05) is 0 Å². The summed E-state index contributed by atoms with van der Waals surface area (Å²) in [4.78, 5) is 13.4. The van der Waals surface area contributed by atoms with Crippen LogP contribution in [-0.4, -0.2) is 140 Å². The van der Waals surface area contributed by atoms with Gasteiger partial charge in [-0.2, -0.15) is 0 Å². The van der Waals surface area contributed by atoms with Gasteiger partial charge in [0.25, 0.3) is 0 Å². The van der Waals surface area contributed by atoms with Gasteiger partial charge in [-0.1, -0.05) is 393 Å². The van der Waals surface area contributed by atoms with Gasteiger partial charge in [0.1, 0.15) is 48.8 Å². The molecule has 0 aromatic rings. The Labute approximate surface area is 578 Å². The number of carbonyl (C=O) groups excluding carboxylic acids is 1. The summed E-state index contributed by atoms with van der Waals surface area (Å²) in [5.74, 6) is -0.194. The summed E-state index contributed by atoms with van der Waals surface area (Å²) in [6, 6.07) is -0.826. The summed E-state index contributed by atoms with van der Waals surface area (Å²) < 4.78 is 23.0. The lowest BCUT2D eigenvalue weighted by atomic mass is 9.97. The summed E-state index contributed by atoms with van der Waals surface area (Å²) in [6.07, 6.45) is 64.4. The Balaban J connectivity index is 1.59. The predicted octanol–water partition coefficient (Wildman–Crippen LogP) is 18.7. The molecule has 1 amide bonds. The van der Waals surface area contributed by atoms with Crippen molar-refractivity contribution in [1.82, 2.24) is 5.32 Å². The number of hydrogen-bond donors (Lipinski definition) is 9. The Morgan fingerprint density at radius 1 is 0.340 bits per heavy atom. The van der Waals surface area contributed by atoms with Crippen molar-refractivity contribution in [1.29, 1.82) is 0 Å². The van der Waals surface area contributed by atoms with E-state index in [1.54, 1.807) is 0 Å². The van der Waals surface area contributed by atoms with E-state index < -0.39 is 86.8 Å². The molecule has 12 unspecified atom stereocenters. The van der Waals surface area contributed by atoms with Gasteiger partial charge in [-0.3, -0.25) is 4.79 Å². The van der Waals surface area contributed by atoms with E-state index >= 15 is 0 Å². The Morgan fingerprint density at radius 2 is 0.606 bits per heavy atom. The van der Waals surface area contributed by atoms with E-state index in [1.165, 1.54) is 334 Å². The van der Waals surface area contributed by atoms with Crippen LogP contribution in [0, 0.1) is 0 Å². The first-order valence-electron chi connectivity index (χ1n) is 41.3. The molecule has 12 atom stereocenters. The van der Waals surface area contributed by atoms with Gasteiger partial charge >= 0.3 is 0 Å². The van der Waals surface area contributed by atoms with Crippen molar-refractivity contribution in [2.75, 3.05) is 19.8 Å². The van der Waals surface area contributed by atoms with Crippen LogP contribution < -0.4 is 5.32 Å². The third-order valence-electron chi connectivity index (χ3n) is 20.8. The molecule has 0 aliphatic carbocycles. The van der Waals surface area contributed by atoms with Gasteiger partial charge in [-0.25, -0.2) is 0 Å². The second-order valence-electron chi connectivity index (χ2n) is 29.6. The van der Waals surface area contributed by atoms with Crippen LogP contribution in [-0.2, 0) is 23.7 Å². The predicted molar refractivity (Wildman–Crippen MR) is 388 cm³/mol. The van der Waals surface area contributed by atoms with Crippen LogP contribution >= 0.6 is 0 Å². The minimum atomic E-state index is -1.78. The fourth-order valence-electron chi connectivity index (χ4n) is 14.3. The first-order valence-corrected chi connectivity index (χ1v) is 41.3. The molecule has 2 heterocycles. The molecule has 0 radical (unpaired) electrons. The number of aliphatic hydroxyl groups is 8. The van der Waals surface area contributed by atoms with Crippen molar-refractivity contribution in [3.8, 4) is 0 Å². The number of unbranched alkanes of at least 4 members (excludes halogenated alkanes) is 58. The second kappa shape index (κ2) is 65.3. The summed E-state index contributed by atoms with van der Waals surface area (Å²) in [6.45, 7) is 2.95. The van der Waals surface area contributed by atoms with E-state index in [0.717, 1.165) is 51.4 Å². The zero-order valence-electron chi connectivity index (χ0n) is 61.5. The molecule has 2 aliphatic rings. The van der Waals surface area contributed by atoms with Gasteiger partial charge in [0.05, 0.1) is 32.0 Å². The van der Waals surface area contributed by atoms with Crippen LogP contribution in [0.25, 0.3) is 0 Å². The van der Waals surface area contributed by atoms with Crippen molar-refractivity contribution in [2.24, 2.45) is 0 Å². The van der Waals surface area contributed by atoms with Crippen LogP contribution in [0.2, 0.25) is 0 Å². The summed E-state index contributed by atoms with van der Waals surface area (Å²) in [5.41, 5.74) is 0. The molecule has 560 valence electrons. The quantitative estimate of drug-likeness (QED) is 0.0259. The molecule has 2 fully saturated rings. The highest BCUT2D eigenvalue weighted by Gasteiger charge is 2.51. The maximum Gasteiger partial charge on any atom is 0.220 e. The SMILES string of the molecule is CCCCCCCCCCCCCCCCCCCCCCCCCCCCCCCCC(=O)NC(COC1OC(CO)C(OC2OC(CO)C(O)C(O)C2O)C(O)C1O)C(O)CCCCCCCCCCCCCCCCCCCCCCCCCCCCCCCC. The first kappa shape index (κ1) is 89.1. The fourth-order valence-corrected chi connectivity index (χ4v) is 14.3. The molecular weight excluding hydrogens is 1180 g/mol. The lowest BCUT2D eigenvalue weighted by molar-refractivity contribution is -0.359. The Hall–Kier alpha value is -1.01. The number of ether oxygens (including phenoxy) is 4. The van der Waals surface area contributed by atoms with Crippen LogP contribution in [0.5, 0.6) is 0 Å². The minimum Gasteiger partial charge on any atom is -0.394 e. The average molecular weight is 1340 g/mol. The molecule has 2 rings (SSSR count). The standard InChI is InChI=1S/C80H157NO13/c1-3-5-7-9-11-13-15-17-19-21-23-25-27-29-31-33-35-37-39-41-43-45-47-49-51-53-55-57-59-61-63-69(84)68(67-91-79-77(90)75(88)78(71(66-83)93-79)94-80-76(89)74(87)73(86)70(65-82)92-80)81-72(85)64-62-60-58-56-54-52-50-48-46-44-42-40-38-36-34-32-30-28-26-24-22-20-18-16-14-12-10-8-6-4-2/h68-71,73-80,82-84,86-90H,3-67H2,1-2H3,(H,81,85). The van der Waals surface area contributed by atoms with Crippen LogP contribution in [0.15, 0.2) is 0 Å². The third kappa shape index (κ3) is 47.9. The highest BCUT2D eigenvalue weighted by atomic mass is 16.7. The minimum absolute atomic E-state index is 0.194. The number of rotatable bonds is 71. The molecule has 2 aliphatic heterocycles. The summed E-state index contributed by atoms with van der Waals surface area (Å²) in [5, 5.41) is 87.9. The van der Waals surface area contributed by atoms with E-state index in [-0.39, 0.29) is 12.5 Å². The maximum atomic E-state index is 13.4. The molecule has 0 bridgehead atoms. The van der Waals surface area contributed by atoms with E-state index in [0.29, 0.717) is 12.8 Å². The fraction of sp³-hybridized carbons (Fsp3) is 0.988. The zero-order valence-corrected chi connectivity index (χ0v) is 61.5. The molecular formula is C80H157NO13. The van der Waals surface area contributed by atoms with Crippen LogP contribution in [0.1, 0.15) is 412 Å². The number of carbonyl (C=O) groups is 1. The average Bonchev–Trinajstić information content (AvgIpc) is 0.794. The second-order valence-corrected chi connectivity index (χ2v) is 29.6. The number of aliphatic hydroxyl groups excluding tert-OH is 8. The van der Waals surface area contributed by atoms with Crippen molar-refractivity contribution in [3.63, 3.8) is 0 Å². The molecule has 14 heteroatoms. The van der Waals surface area contributed by atoms with Gasteiger partial charge in [0, 0.05) is 6.42 Å². The lowest BCUT2D eigenvalue weighted by Crippen LogP contribution is -2.65. The van der Waals surface area contributed by atoms with Crippen LogP contribution in [0.4, 0.5) is 0 Å². The molecule has 0 aromatic carbocycles. The van der Waals surface area contributed by atoms with Gasteiger partial charge in [0.15, 0.2) is 12.6 Å². The number of amides is 1. The molecule has 14 nitrogen and oxygen atoms in total. The lowest BCUT2D eigenvalue weighted by Gasteiger charge is -2.46. The zero-order chi connectivity index (χ0) is 68.0. The highest BCUT2D eigenvalue weighted by molar-refractivity contribution is 5.76. The molecule has 94 heavy (non-hydrogen) atoms. The number of hydrogen-bond acceptors (Lipinski definition) is 13. The number of nitrogens with one attached hydrogen (secondary N) is 1. The molecule has 2 saturated heterocycles. The molecule has 0 aromatic heterocycles. The largest absolute Gasteiger partial charge is 0.394 e. The summed E-state index contributed by atoms with van der Waals surface area (Å²) >= 11 is 0. The third-order valence-corrected chi connectivity index (χ3v) is 20.8. The monoisotopic (exact) mass is 1340 g/mol. The molecule has 9 N–H and O–H groups in total. The smallest absolute Gasteiger partial charge is 0.220 e. The topological polar surface area (TPSA) is 228 Å². The maximum absolute atomic E-state index is 13.4. The van der Waals surface area contributed by atoms with E-state index in [9.17, 15) is 45.6 Å². The van der Waals surface area contributed by atoms with E-state index in [4.69, 9.17) is 18.9 Å². The summed E-state index contributed by atoms with van der Waals surface area (Å²) in [7, 11) is 0. The van der Waals surface area contributed by atoms with Gasteiger partial charge in [-0.05, 0) is 12.8 Å². The van der Waals surface area contributed by atoms with E-state index in [2.05, 4.69) is 19.2 Å². The van der Waals surface area contributed by atoms with Crippen molar-refractivity contribution >= 4 is 5.91 Å². The van der Waals surface area contributed by atoms with Gasteiger partial charge < -0.3 is 65.1 Å². The highest BCUT2D eigenvalue weighted by Crippen LogP contribution is 2.31. The van der Waals surface area contributed by atoms with Gasteiger partial charge in [0.2, 0.25) is 5.91 Å². The normalized spacial score (nSPS) is 22.3. The van der Waals surface area contributed by atoms with Crippen molar-refractivity contribution in [2.45, 2.75) is 485 Å². The molecule has 0 saturated carbocycles. The van der Waals surface area contributed by atoms with Crippen molar-refractivity contribution < 1.29 is 64.6 Å². The Bertz CT molecular complexity index is 1580. The van der Waals surface area contributed by atoms with Crippen LogP contribution in [0.3, 0.4) is 0 Å². The molecule has 0 spiro atoms.